The molecule has 0 aromatic heterocycles. The number of hydrogen-bond acceptors (Lipinski definition) is 3. The first-order valence-corrected chi connectivity index (χ1v) is 7.59. The summed E-state index contributed by atoms with van der Waals surface area (Å²) in [6.07, 6.45) is 1.17. The van der Waals surface area contributed by atoms with E-state index in [2.05, 4.69) is 5.32 Å². The van der Waals surface area contributed by atoms with Gasteiger partial charge in [0.05, 0.1) is 5.56 Å². The highest BCUT2D eigenvalue weighted by Crippen LogP contribution is 2.13. The van der Waals surface area contributed by atoms with E-state index < -0.39 is 5.82 Å². The molecule has 1 heterocycles. The second-order valence-corrected chi connectivity index (χ2v) is 5.36. The smallest absolute Gasteiger partial charge is 0.256 e. The minimum Gasteiger partial charge on any atom is -0.341 e. The average molecular weight is 307 g/mol. The molecular formula is C16H22FN3O2. The molecule has 1 fully saturated rings. The van der Waals surface area contributed by atoms with Crippen LogP contribution in [0.4, 0.5) is 4.39 Å². The molecule has 1 N–H and O–H groups in total. The maximum absolute atomic E-state index is 13.7. The van der Waals surface area contributed by atoms with Gasteiger partial charge in [0.15, 0.2) is 0 Å². The predicted molar refractivity (Wildman–Crippen MR) is 82.0 cm³/mol. The van der Waals surface area contributed by atoms with Crippen molar-refractivity contribution in [3.05, 3.63) is 35.6 Å². The highest BCUT2D eigenvalue weighted by atomic mass is 19.1. The normalized spacial score (nSPS) is 15.5. The van der Waals surface area contributed by atoms with Gasteiger partial charge < -0.3 is 15.1 Å². The molecule has 1 aliphatic heterocycles. The van der Waals surface area contributed by atoms with E-state index in [1.54, 1.807) is 21.9 Å². The van der Waals surface area contributed by atoms with Crippen molar-refractivity contribution in [1.82, 2.24) is 15.1 Å². The first-order chi connectivity index (χ1) is 10.6. The largest absolute Gasteiger partial charge is 0.341 e. The van der Waals surface area contributed by atoms with Crippen LogP contribution < -0.4 is 5.32 Å². The van der Waals surface area contributed by atoms with Gasteiger partial charge in [0.2, 0.25) is 5.91 Å². The van der Waals surface area contributed by atoms with Crippen molar-refractivity contribution in [3.8, 4) is 0 Å². The molecule has 0 spiro atoms. The van der Waals surface area contributed by atoms with Gasteiger partial charge in [-0.2, -0.15) is 0 Å². The monoisotopic (exact) mass is 307 g/mol. The van der Waals surface area contributed by atoms with Gasteiger partial charge in [0.25, 0.3) is 5.91 Å². The van der Waals surface area contributed by atoms with Crippen LogP contribution in [0.3, 0.4) is 0 Å². The van der Waals surface area contributed by atoms with Gasteiger partial charge in [0.1, 0.15) is 5.82 Å². The standard InChI is InChI=1S/C16H22FN3O2/c1-18-8-7-15(21)19-9-4-10-20(12-11-19)16(22)13-5-2-3-6-14(13)17/h2-3,5-6,18H,4,7-12H2,1H3. The van der Waals surface area contributed by atoms with Gasteiger partial charge in [-0.3, -0.25) is 9.59 Å². The second-order valence-electron chi connectivity index (χ2n) is 5.36. The number of amides is 2. The number of rotatable bonds is 4. The third-order valence-corrected chi connectivity index (χ3v) is 3.83. The first kappa shape index (κ1) is 16.4. The average Bonchev–Trinajstić information content (AvgIpc) is 2.78. The lowest BCUT2D eigenvalue weighted by atomic mass is 10.2. The summed E-state index contributed by atoms with van der Waals surface area (Å²) in [5.74, 6) is -0.712. The van der Waals surface area contributed by atoms with Gasteiger partial charge in [-0.15, -0.1) is 0 Å². The van der Waals surface area contributed by atoms with E-state index in [-0.39, 0.29) is 17.4 Å². The summed E-state index contributed by atoms with van der Waals surface area (Å²) < 4.78 is 13.7. The molecule has 0 saturated carbocycles. The van der Waals surface area contributed by atoms with Crippen LogP contribution in [-0.4, -0.2) is 61.4 Å². The molecule has 5 nitrogen and oxygen atoms in total. The van der Waals surface area contributed by atoms with Crippen LogP contribution in [0, 0.1) is 5.82 Å². The van der Waals surface area contributed by atoms with Crippen molar-refractivity contribution in [1.29, 1.82) is 0 Å². The Bertz CT molecular complexity index is 536. The van der Waals surface area contributed by atoms with Gasteiger partial charge in [0, 0.05) is 39.1 Å². The predicted octanol–water partition coefficient (Wildman–Crippen LogP) is 1.11. The molecule has 0 atom stereocenters. The number of benzene rings is 1. The van der Waals surface area contributed by atoms with Crippen LogP contribution in [0.5, 0.6) is 0 Å². The van der Waals surface area contributed by atoms with E-state index in [1.165, 1.54) is 12.1 Å². The highest BCUT2D eigenvalue weighted by molar-refractivity contribution is 5.94. The zero-order valence-corrected chi connectivity index (χ0v) is 12.8. The third kappa shape index (κ3) is 4.04. The summed E-state index contributed by atoms with van der Waals surface area (Å²) in [5.41, 5.74) is 0.0949. The third-order valence-electron chi connectivity index (χ3n) is 3.83. The van der Waals surface area contributed by atoms with Gasteiger partial charge in [-0.05, 0) is 25.6 Å². The number of carbonyl (C=O) groups is 2. The molecule has 1 aromatic rings. The minimum absolute atomic E-state index is 0.0922. The van der Waals surface area contributed by atoms with Crippen molar-refractivity contribution in [2.75, 3.05) is 39.8 Å². The van der Waals surface area contributed by atoms with Crippen LogP contribution in [0.25, 0.3) is 0 Å². The summed E-state index contributed by atoms with van der Waals surface area (Å²) in [6.45, 7) is 2.78. The number of nitrogens with zero attached hydrogens (tertiary/aromatic N) is 2. The van der Waals surface area contributed by atoms with E-state index in [9.17, 15) is 14.0 Å². The number of nitrogens with one attached hydrogen (secondary N) is 1. The molecule has 120 valence electrons. The maximum Gasteiger partial charge on any atom is 0.256 e. The molecule has 0 unspecified atom stereocenters. The lowest BCUT2D eigenvalue weighted by Gasteiger charge is -2.22. The lowest BCUT2D eigenvalue weighted by Crippen LogP contribution is -2.38. The zero-order valence-electron chi connectivity index (χ0n) is 12.8. The number of hydrogen-bond donors (Lipinski definition) is 1. The van der Waals surface area contributed by atoms with Gasteiger partial charge in [-0.1, -0.05) is 12.1 Å². The molecular weight excluding hydrogens is 285 g/mol. The summed E-state index contributed by atoms with van der Waals surface area (Å²) in [6, 6.07) is 6.01. The summed E-state index contributed by atoms with van der Waals surface area (Å²) in [4.78, 5) is 27.8. The molecule has 2 amide bonds. The van der Waals surface area contributed by atoms with Gasteiger partial charge >= 0.3 is 0 Å². The highest BCUT2D eigenvalue weighted by Gasteiger charge is 2.23. The Hall–Kier alpha value is -1.95. The summed E-state index contributed by atoms with van der Waals surface area (Å²) >= 11 is 0. The van der Waals surface area contributed by atoms with Crippen LogP contribution in [0.15, 0.2) is 24.3 Å². The Labute approximate surface area is 130 Å². The van der Waals surface area contributed by atoms with E-state index in [1.807, 2.05) is 7.05 Å². The molecule has 22 heavy (non-hydrogen) atoms. The molecule has 1 aliphatic rings. The number of carbonyl (C=O) groups excluding carboxylic acids is 2. The molecule has 0 aliphatic carbocycles. The fourth-order valence-corrected chi connectivity index (χ4v) is 2.56. The Kier molecular flexibility index (Phi) is 5.89. The van der Waals surface area contributed by atoms with E-state index in [4.69, 9.17) is 0 Å². The Morgan fingerprint density at radius 3 is 2.55 bits per heavy atom. The SMILES string of the molecule is CNCCC(=O)N1CCCN(C(=O)c2ccccc2F)CC1. The second kappa shape index (κ2) is 7.89. The molecule has 0 bridgehead atoms. The molecule has 1 aromatic carbocycles. The van der Waals surface area contributed by atoms with Crippen molar-refractivity contribution >= 4 is 11.8 Å². The van der Waals surface area contributed by atoms with Crippen molar-refractivity contribution in [3.63, 3.8) is 0 Å². The Morgan fingerprint density at radius 2 is 1.82 bits per heavy atom. The van der Waals surface area contributed by atoms with E-state index in [0.717, 1.165) is 0 Å². The van der Waals surface area contributed by atoms with Crippen molar-refractivity contribution in [2.24, 2.45) is 0 Å². The van der Waals surface area contributed by atoms with E-state index >= 15 is 0 Å². The zero-order chi connectivity index (χ0) is 15.9. The summed E-state index contributed by atoms with van der Waals surface area (Å²) in [5, 5.41) is 2.95. The van der Waals surface area contributed by atoms with Crippen LogP contribution in [0.2, 0.25) is 0 Å². The molecule has 2 rings (SSSR count). The van der Waals surface area contributed by atoms with Crippen molar-refractivity contribution < 1.29 is 14.0 Å². The fourth-order valence-electron chi connectivity index (χ4n) is 2.56. The van der Waals surface area contributed by atoms with E-state index in [0.29, 0.717) is 45.6 Å². The quantitative estimate of drug-likeness (QED) is 0.906. The molecule has 1 saturated heterocycles. The Morgan fingerprint density at radius 1 is 1.14 bits per heavy atom. The first-order valence-electron chi connectivity index (χ1n) is 7.59. The van der Waals surface area contributed by atoms with Gasteiger partial charge in [-0.25, -0.2) is 4.39 Å². The lowest BCUT2D eigenvalue weighted by molar-refractivity contribution is -0.130. The van der Waals surface area contributed by atoms with Crippen LogP contribution in [-0.2, 0) is 4.79 Å². The Balaban J connectivity index is 1.97. The maximum atomic E-state index is 13.7. The number of halogens is 1. The minimum atomic E-state index is -0.501. The van der Waals surface area contributed by atoms with Crippen molar-refractivity contribution in [2.45, 2.75) is 12.8 Å². The van der Waals surface area contributed by atoms with Crippen LogP contribution in [0.1, 0.15) is 23.2 Å². The molecule has 0 radical (unpaired) electrons. The molecule has 6 heteroatoms. The fraction of sp³-hybridized carbons (Fsp3) is 0.500. The van der Waals surface area contributed by atoms with Crippen LogP contribution >= 0.6 is 0 Å². The summed E-state index contributed by atoms with van der Waals surface area (Å²) in [7, 11) is 1.81. The topological polar surface area (TPSA) is 52.7 Å².